The lowest BCUT2D eigenvalue weighted by molar-refractivity contribution is 0.0442. The summed E-state index contributed by atoms with van der Waals surface area (Å²) in [4.78, 5) is 34.0. The maximum absolute atomic E-state index is 11.8. The fraction of sp³-hybridized carbons (Fsp3) is 0.211. The highest BCUT2D eigenvalue weighted by molar-refractivity contribution is 5.79. The minimum Gasteiger partial charge on any atom is -0.497 e. The van der Waals surface area contributed by atoms with E-state index in [0.717, 1.165) is 0 Å². The molecule has 0 bridgehead atoms. The molecule has 0 amide bonds. The van der Waals surface area contributed by atoms with E-state index in [1.807, 2.05) is 0 Å². The van der Waals surface area contributed by atoms with Crippen molar-refractivity contribution in [1.29, 1.82) is 0 Å². The highest BCUT2D eigenvalue weighted by Gasteiger charge is 2.11. The molecular formula is C19H18O7. The average Bonchev–Trinajstić information content (AvgIpc) is 2.70. The second-order valence-electron chi connectivity index (χ2n) is 5.19. The molecule has 2 rings (SSSR count). The summed E-state index contributed by atoms with van der Waals surface area (Å²) in [5.74, 6) is 1.05. The monoisotopic (exact) mass is 358 g/mol. The second kappa shape index (κ2) is 9.22. The van der Waals surface area contributed by atoms with Crippen LogP contribution in [-0.4, -0.2) is 32.9 Å². The molecule has 2 aromatic rings. The molecule has 0 unspecified atom stereocenters. The summed E-state index contributed by atoms with van der Waals surface area (Å²) in [6.45, 7) is -0.250. The Morgan fingerprint density at radius 3 is 1.58 bits per heavy atom. The van der Waals surface area contributed by atoms with Gasteiger partial charge in [-0.1, -0.05) is 12.1 Å². The van der Waals surface area contributed by atoms with Gasteiger partial charge in [0.1, 0.15) is 24.7 Å². The Morgan fingerprint density at radius 2 is 1.23 bits per heavy atom. The van der Waals surface area contributed by atoms with Gasteiger partial charge in [-0.05, 0) is 24.3 Å². The van der Waals surface area contributed by atoms with Gasteiger partial charge in [-0.3, -0.25) is 9.59 Å². The largest absolute Gasteiger partial charge is 0.508 e. The van der Waals surface area contributed by atoms with Crippen LogP contribution < -0.4 is 9.47 Å². The standard InChI is InChI=1S/C19H18O7/c1-23-17-5-3-13(15(7-17)9-20)11-25-19(22)26-12-14-4-6-18(24-2)8-16(14)10-21/h3-10H,11-12H2,1-2H3. The molecule has 0 fully saturated rings. The summed E-state index contributed by atoms with van der Waals surface area (Å²) in [6, 6.07) is 9.67. The molecule has 26 heavy (non-hydrogen) atoms. The van der Waals surface area contributed by atoms with Gasteiger partial charge in [0, 0.05) is 22.3 Å². The van der Waals surface area contributed by atoms with E-state index in [2.05, 4.69) is 0 Å². The van der Waals surface area contributed by atoms with Crippen molar-refractivity contribution < 1.29 is 33.3 Å². The van der Waals surface area contributed by atoms with Crippen molar-refractivity contribution in [2.24, 2.45) is 0 Å². The van der Waals surface area contributed by atoms with Gasteiger partial charge in [0.2, 0.25) is 0 Å². The first-order chi connectivity index (χ1) is 12.6. The number of hydrogen-bond acceptors (Lipinski definition) is 7. The molecule has 0 aliphatic heterocycles. The van der Waals surface area contributed by atoms with E-state index >= 15 is 0 Å². The van der Waals surface area contributed by atoms with E-state index < -0.39 is 6.16 Å². The first kappa shape index (κ1) is 19.0. The van der Waals surface area contributed by atoms with Crippen molar-refractivity contribution >= 4 is 18.7 Å². The lowest BCUT2D eigenvalue weighted by atomic mass is 10.1. The van der Waals surface area contributed by atoms with Crippen molar-refractivity contribution in [3.63, 3.8) is 0 Å². The van der Waals surface area contributed by atoms with Gasteiger partial charge in [0.05, 0.1) is 14.2 Å². The summed E-state index contributed by atoms with van der Waals surface area (Å²) in [6.07, 6.45) is 0.394. The van der Waals surface area contributed by atoms with E-state index in [0.29, 0.717) is 46.3 Å². The summed E-state index contributed by atoms with van der Waals surface area (Å²) >= 11 is 0. The number of hydrogen-bond donors (Lipinski definition) is 0. The lowest BCUT2D eigenvalue weighted by Gasteiger charge is -2.10. The fourth-order valence-corrected chi connectivity index (χ4v) is 2.20. The van der Waals surface area contributed by atoms with Gasteiger partial charge in [-0.15, -0.1) is 0 Å². The number of ether oxygens (including phenoxy) is 4. The molecule has 0 saturated carbocycles. The SMILES string of the molecule is COc1ccc(COC(=O)OCc2ccc(OC)cc2C=O)c(C=O)c1. The van der Waals surface area contributed by atoms with Crippen LogP contribution in [0, 0.1) is 0 Å². The number of benzene rings is 2. The quantitative estimate of drug-likeness (QED) is 0.529. The third-order valence-corrected chi connectivity index (χ3v) is 3.65. The predicted molar refractivity (Wildman–Crippen MR) is 91.7 cm³/mol. The zero-order valence-corrected chi connectivity index (χ0v) is 14.4. The van der Waals surface area contributed by atoms with Crippen LogP contribution in [0.1, 0.15) is 31.8 Å². The van der Waals surface area contributed by atoms with E-state index in [-0.39, 0.29) is 13.2 Å². The first-order valence-corrected chi connectivity index (χ1v) is 7.65. The van der Waals surface area contributed by atoms with Gasteiger partial charge in [-0.25, -0.2) is 4.79 Å². The normalized spacial score (nSPS) is 9.92. The molecule has 2 aromatic carbocycles. The minimum atomic E-state index is -0.912. The average molecular weight is 358 g/mol. The maximum atomic E-state index is 11.8. The van der Waals surface area contributed by atoms with Gasteiger partial charge < -0.3 is 18.9 Å². The molecule has 0 radical (unpaired) electrons. The summed E-state index contributed by atoms with van der Waals surface area (Å²) < 4.78 is 20.1. The smallest absolute Gasteiger partial charge is 0.497 e. The van der Waals surface area contributed by atoms with E-state index in [1.165, 1.54) is 14.2 Å². The van der Waals surface area contributed by atoms with Gasteiger partial charge in [0.15, 0.2) is 12.6 Å². The lowest BCUT2D eigenvalue weighted by Crippen LogP contribution is -2.09. The van der Waals surface area contributed by atoms with Crippen LogP contribution in [0.15, 0.2) is 36.4 Å². The molecule has 0 N–H and O–H groups in total. The second-order valence-corrected chi connectivity index (χ2v) is 5.19. The predicted octanol–water partition coefficient (Wildman–Crippen LogP) is 3.18. The topological polar surface area (TPSA) is 88.1 Å². The van der Waals surface area contributed by atoms with E-state index in [4.69, 9.17) is 18.9 Å². The van der Waals surface area contributed by atoms with Crippen LogP contribution in [0.3, 0.4) is 0 Å². The van der Waals surface area contributed by atoms with Crippen LogP contribution in [-0.2, 0) is 22.7 Å². The van der Waals surface area contributed by atoms with Crippen molar-refractivity contribution in [3.05, 3.63) is 58.7 Å². The number of carbonyl (C=O) groups excluding carboxylic acids is 3. The van der Waals surface area contributed by atoms with Gasteiger partial charge >= 0.3 is 6.16 Å². The Labute approximate surface area is 150 Å². The van der Waals surface area contributed by atoms with Gasteiger partial charge in [-0.2, -0.15) is 0 Å². The number of aldehydes is 2. The Morgan fingerprint density at radius 1 is 0.808 bits per heavy atom. The molecular weight excluding hydrogens is 340 g/mol. The first-order valence-electron chi connectivity index (χ1n) is 7.65. The number of methoxy groups -OCH3 is 2. The van der Waals surface area contributed by atoms with Crippen LogP contribution in [0.4, 0.5) is 4.79 Å². The molecule has 0 atom stereocenters. The third-order valence-electron chi connectivity index (χ3n) is 3.65. The zero-order chi connectivity index (χ0) is 18.9. The third kappa shape index (κ3) is 4.83. The molecule has 0 saturated heterocycles. The van der Waals surface area contributed by atoms with Crippen LogP contribution in [0.25, 0.3) is 0 Å². The van der Waals surface area contributed by atoms with E-state index in [9.17, 15) is 14.4 Å². The van der Waals surface area contributed by atoms with E-state index in [1.54, 1.807) is 36.4 Å². The fourth-order valence-electron chi connectivity index (χ4n) is 2.20. The Balaban J connectivity index is 1.94. The van der Waals surface area contributed by atoms with Crippen LogP contribution in [0.5, 0.6) is 11.5 Å². The van der Waals surface area contributed by atoms with Crippen LogP contribution >= 0.6 is 0 Å². The Kier molecular flexibility index (Phi) is 6.73. The molecule has 136 valence electrons. The number of carbonyl (C=O) groups is 3. The molecule has 7 nitrogen and oxygen atoms in total. The summed E-state index contributed by atoms with van der Waals surface area (Å²) in [5, 5.41) is 0. The molecule has 0 aromatic heterocycles. The molecule has 0 heterocycles. The highest BCUT2D eigenvalue weighted by Crippen LogP contribution is 2.19. The highest BCUT2D eigenvalue weighted by atomic mass is 16.7. The number of rotatable bonds is 8. The zero-order valence-electron chi connectivity index (χ0n) is 14.4. The van der Waals surface area contributed by atoms with Crippen molar-refractivity contribution in [3.8, 4) is 11.5 Å². The minimum absolute atomic E-state index is 0.125. The van der Waals surface area contributed by atoms with Crippen LogP contribution in [0.2, 0.25) is 0 Å². The molecule has 0 aliphatic carbocycles. The van der Waals surface area contributed by atoms with Crippen molar-refractivity contribution in [2.75, 3.05) is 14.2 Å². The Bertz CT molecular complexity index is 733. The molecule has 0 aliphatic rings. The summed E-state index contributed by atoms with van der Waals surface area (Å²) in [7, 11) is 2.98. The van der Waals surface area contributed by atoms with Crippen molar-refractivity contribution in [2.45, 2.75) is 13.2 Å². The summed E-state index contributed by atoms with van der Waals surface area (Å²) in [5.41, 5.74) is 1.76. The molecule has 0 spiro atoms. The van der Waals surface area contributed by atoms with Gasteiger partial charge in [0.25, 0.3) is 0 Å². The molecule has 7 heteroatoms. The van der Waals surface area contributed by atoms with Crippen molar-refractivity contribution in [1.82, 2.24) is 0 Å². The maximum Gasteiger partial charge on any atom is 0.508 e. The Hall–Kier alpha value is -3.35.